The van der Waals surface area contributed by atoms with Crippen LogP contribution in [0.15, 0.2) is 12.2 Å². The van der Waals surface area contributed by atoms with Crippen LogP contribution in [0.3, 0.4) is 0 Å². The van der Waals surface area contributed by atoms with Crippen molar-refractivity contribution >= 4 is 13.7 Å². The summed E-state index contributed by atoms with van der Waals surface area (Å²) in [5, 5.41) is 23.9. The third-order valence-corrected chi connectivity index (χ3v) is 8.41. The molecule has 4 unspecified atom stereocenters. The van der Waals surface area contributed by atoms with Gasteiger partial charge in [-0.25, -0.2) is 4.57 Å². The molecule has 0 heterocycles. The maximum absolute atomic E-state index is 12.7. The number of nitrogens with one attached hydrogen (secondary N) is 1. The zero-order valence-electron chi connectivity index (χ0n) is 26.9. The molecule has 0 aromatic heterocycles. The van der Waals surface area contributed by atoms with Crippen molar-refractivity contribution in [2.75, 3.05) is 19.8 Å². The first kappa shape index (κ1) is 41.2. The van der Waals surface area contributed by atoms with Gasteiger partial charge in [0.05, 0.1) is 37.9 Å². The van der Waals surface area contributed by atoms with Gasteiger partial charge in [-0.2, -0.15) is 0 Å². The van der Waals surface area contributed by atoms with Crippen molar-refractivity contribution in [3.05, 3.63) is 12.2 Å². The fourth-order valence-corrected chi connectivity index (χ4v) is 5.57. The summed E-state index contributed by atoms with van der Waals surface area (Å²) in [4.78, 5) is 22.5. The molecule has 0 rings (SSSR count). The SMILES string of the molecule is CCCC/C=C\CCCCCC(O)CC(=O)NC(COP(=O)(O)OCCN)C(O)CCCCCCCCCCCCC. The highest BCUT2D eigenvalue weighted by Gasteiger charge is 2.28. The average molecular weight is 621 g/mol. The van der Waals surface area contributed by atoms with Crippen LogP contribution in [0.25, 0.3) is 0 Å². The highest BCUT2D eigenvalue weighted by atomic mass is 31.2. The molecule has 0 spiro atoms. The Labute approximate surface area is 257 Å². The Hall–Kier alpha value is -0.800. The van der Waals surface area contributed by atoms with E-state index in [0.29, 0.717) is 12.8 Å². The van der Waals surface area contributed by atoms with Gasteiger partial charge in [0, 0.05) is 6.54 Å². The lowest BCUT2D eigenvalue weighted by Gasteiger charge is -2.25. The first-order chi connectivity index (χ1) is 20.3. The monoisotopic (exact) mass is 620 g/mol. The number of aliphatic hydroxyl groups is 2. The Bertz CT molecular complexity index is 696. The van der Waals surface area contributed by atoms with Gasteiger partial charge < -0.3 is 26.2 Å². The van der Waals surface area contributed by atoms with Crippen molar-refractivity contribution in [2.45, 2.75) is 167 Å². The fraction of sp³-hybridized carbons (Fsp3) is 0.906. The molecule has 10 heteroatoms. The molecule has 4 atom stereocenters. The molecule has 0 aliphatic carbocycles. The van der Waals surface area contributed by atoms with Gasteiger partial charge in [0.2, 0.25) is 5.91 Å². The van der Waals surface area contributed by atoms with Crippen LogP contribution >= 0.6 is 7.82 Å². The maximum atomic E-state index is 12.7. The Morgan fingerprint density at radius 3 is 1.90 bits per heavy atom. The van der Waals surface area contributed by atoms with E-state index in [0.717, 1.165) is 51.4 Å². The third-order valence-electron chi connectivity index (χ3n) is 7.42. The zero-order chi connectivity index (χ0) is 31.3. The number of amides is 1. The summed E-state index contributed by atoms with van der Waals surface area (Å²) < 4.78 is 21.9. The molecule has 0 aliphatic heterocycles. The number of allylic oxidation sites excluding steroid dienone is 2. The number of aliphatic hydroxyl groups excluding tert-OH is 2. The van der Waals surface area contributed by atoms with E-state index >= 15 is 0 Å². The number of carbonyl (C=O) groups is 1. The van der Waals surface area contributed by atoms with E-state index in [2.05, 4.69) is 31.3 Å². The summed E-state index contributed by atoms with van der Waals surface area (Å²) >= 11 is 0. The van der Waals surface area contributed by atoms with Crippen molar-refractivity contribution in [3.63, 3.8) is 0 Å². The Morgan fingerprint density at radius 2 is 1.31 bits per heavy atom. The molecule has 0 bridgehead atoms. The van der Waals surface area contributed by atoms with Crippen LogP contribution in [-0.2, 0) is 18.4 Å². The van der Waals surface area contributed by atoms with Crippen LogP contribution in [0.1, 0.15) is 149 Å². The highest BCUT2D eigenvalue weighted by molar-refractivity contribution is 7.47. The van der Waals surface area contributed by atoms with Crippen LogP contribution < -0.4 is 11.1 Å². The van der Waals surface area contributed by atoms with Gasteiger partial charge in [0.25, 0.3) is 0 Å². The Balaban J connectivity index is 4.49. The molecule has 0 fully saturated rings. The second kappa shape index (κ2) is 28.9. The summed E-state index contributed by atoms with van der Waals surface area (Å²) in [6, 6.07) is -0.894. The van der Waals surface area contributed by atoms with Crippen LogP contribution in [0.5, 0.6) is 0 Å². The normalized spacial score (nSPS) is 15.5. The second-order valence-corrected chi connectivity index (χ2v) is 13.0. The molecule has 0 saturated heterocycles. The van der Waals surface area contributed by atoms with E-state index in [1.807, 2.05) is 0 Å². The molecule has 1 amide bonds. The molecule has 6 N–H and O–H groups in total. The largest absolute Gasteiger partial charge is 0.472 e. The van der Waals surface area contributed by atoms with E-state index in [9.17, 15) is 24.5 Å². The van der Waals surface area contributed by atoms with Gasteiger partial charge in [-0.1, -0.05) is 122 Å². The van der Waals surface area contributed by atoms with Crippen LogP contribution in [-0.4, -0.2) is 59.0 Å². The quantitative estimate of drug-likeness (QED) is 0.0313. The predicted octanol–water partition coefficient (Wildman–Crippen LogP) is 7.07. The minimum absolute atomic E-state index is 0.0586. The summed E-state index contributed by atoms with van der Waals surface area (Å²) in [6.07, 6.45) is 24.1. The van der Waals surface area contributed by atoms with Gasteiger partial charge in [0.1, 0.15) is 0 Å². The summed E-state index contributed by atoms with van der Waals surface area (Å²) in [5.74, 6) is -0.427. The molecular formula is C32H65N2O7P. The van der Waals surface area contributed by atoms with Gasteiger partial charge in [-0.15, -0.1) is 0 Å². The molecule has 0 aliphatic rings. The smallest absolute Gasteiger partial charge is 0.393 e. The maximum Gasteiger partial charge on any atom is 0.472 e. The number of nitrogens with two attached hydrogens (primary N) is 1. The van der Waals surface area contributed by atoms with Gasteiger partial charge in [-0.05, 0) is 32.1 Å². The standard InChI is InChI=1S/C32H65N2O7P/c1-3-5-7-9-11-13-14-16-18-20-22-24-31(36)30(28-41-42(38,39)40-26-25-33)34-32(37)27-29(35)23-21-19-17-15-12-10-8-6-4-2/h10,12,29-31,35-36H,3-9,11,13-28,33H2,1-2H3,(H,34,37)(H,38,39)/b12-10-. The van der Waals surface area contributed by atoms with E-state index in [4.69, 9.17) is 14.8 Å². The Morgan fingerprint density at radius 1 is 0.786 bits per heavy atom. The Kier molecular flexibility index (Phi) is 28.4. The van der Waals surface area contributed by atoms with Crippen molar-refractivity contribution in [1.29, 1.82) is 0 Å². The van der Waals surface area contributed by atoms with Gasteiger partial charge in [0.15, 0.2) is 0 Å². The lowest BCUT2D eigenvalue weighted by atomic mass is 10.0. The lowest BCUT2D eigenvalue weighted by molar-refractivity contribution is -0.125. The van der Waals surface area contributed by atoms with Crippen molar-refractivity contribution in [1.82, 2.24) is 5.32 Å². The number of hydrogen-bond acceptors (Lipinski definition) is 7. The number of phosphoric ester groups is 1. The molecular weight excluding hydrogens is 555 g/mol. The molecule has 42 heavy (non-hydrogen) atoms. The molecule has 0 aromatic carbocycles. The zero-order valence-corrected chi connectivity index (χ0v) is 27.8. The highest BCUT2D eigenvalue weighted by Crippen LogP contribution is 2.43. The molecule has 250 valence electrons. The molecule has 0 aromatic rings. The number of unbranched alkanes of at least 4 members (excludes halogenated alkanes) is 15. The van der Waals surface area contributed by atoms with E-state index in [1.165, 1.54) is 64.2 Å². The van der Waals surface area contributed by atoms with E-state index in [1.54, 1.807) is 0 Å². The van der Waals surface area contributed by atoms with E-state index in [-0.39, 0.29) is 26.2 Å². The predicted molar refractivity (Wildman–Crippen MR) is 172 cm³/mol. The number of phosphoric acid groups is 1. The summed E-state index contributed by atoms with van der Waals surface area (Å²) in [6.45, 7) is 3.94. The van der Waals surface area contributed by atoms with Crippen molar-refractivity contribution in [3.8, 4) is 0 Å². The molecule has 0 radical (unpaired) electrons. The topological polar surface area (TPSA) is 151 Å². The van der Waals surface area contributed by atoms with Crippen LogP contribution in [0, 0.1) is 0 Å². The number of hydrogen-bond donors (Lipinski definition) is 5. The van der Waals surface area contributed by atoms with Crippen LogP contribution in [0.2, 0.25) is 0 Å². The average Bonchev–Trinajstić information content (AvgIpc) is 2.96. The molecule has 9 nitrogen and oxygen atoms in total. The minimum Gasteiger partial charge on any atom is -0.393 e. The third kappa shape index (κ3) is 26.8. The number of carbonyl (C=O) groups excluding carboxylic acids is 1. The van der Waals surface area contributed by atoms with Crippen molar-refractivity contribution < 1.29 is 33.5 Å². The summed E-state index contributed by atoms with van der Waals surface area (Å²) in [7, 11) is -4.36. The summed E-state index contributed by atoms with van der Waals surface area (Å²) in [5.41, 5.74) is 5.33. The molecule has 0 saturated carbocycles. The second-order valence-electron chi connectivity index (χ2n) is 11.6. The van der Waals surface area contributed by atoms with E-state index < -0.39 is 32.0 Å². The van der Waals surface area contributed by atoms with Gasteiger partial charge in [-0.3, -0.25) is 13.8 Å². The first-order valence-corrected chi connectivity index (χ1v) is 18.4. The first-order valence-electron chi connectivity index (χ1n) is 16.9. The number of rotatable bonds is 31. The van der Waals surface area contributed by atoms with Crippen LogP contribution in [0.4, 0.5) is 0 Å². The lowest BCUT2D eigenvalue weighted by Crippen LogP contribution is -2.47. The van der Waals surface area contributed by atoms with Crippen molar-refractivity contribution in [2.24, 2.45) is 5.73 Å². The minimum atomic E-state index is -4.36. The van der Waals surface area contributed by atoms with Gasteiger partial charge >= 0.3 is 7.82 Å². The fourth-order valence-electron chi connectivity index (χ4n) is 4.81.